The summed E-state index contributed by atoms with van der Waals surface area (Å²) in [4.78, 5) is 19.6. The van der Waals surface area contributed by atoms with E-state index in [9.17, 15) is 4.79 Å². The number of thiazole rings is 1. The van der Waals surface area contributed by atoms with E-state index in [1.165, 1.54) is 4.70 Å². The molecule has 0 radical (unpaired) electrons. The van der Waals surface area contributed by atoms with Crippen molar-refractivity contribution >= 4 is 43.4 Å². The normalized spacial score (nSPS) is 17.8. The molecule has 2 aromatic carbocycles. The zero-order valence-electron chi connectivity index (χ0n) is 12.4. The number of likely N-dealkylation sites (tertiary alicyclic amines) is 1. The maximum Gasteiger partial charge on any atom is 0.254 e. The Kier molecular flexibility index (Phi) is 3.91. The van der Waals surface area contributed by atoms with Crippen molar-refractivity contribution in [1.29, 1.82) is 0 Å². The molecule has 0 aliphatic carbocycles. The van der Waals surface area contributed by atoms with Crippen molar-refractivity contribution in [2.75, 3.05) is 6.54 Å². The summed E-state index contributed by atoms with van der Waals surface area (Å²) >= 11 is 5.14. The summed E-state index contributed by atoms with van der Waals surface area (Å²) < 4.78 is 2.11. The van der Waals surface area contributed by atoms with E-state index in [0.717, 1.165) is 39.9 Å². The lowest BCUT2D eigenvalue weighted by Crippen LogP contribution is -2.30. The Morgan fingerprint density at radius 3 is 2.91 bits per heavy atom. The van der Waals surface area contributed by atoms with Crippen molar-refractivity contribution in [3.05, 3.63) is 63.6 Å². The Labute approximate surface area is 147 Å². The van der Waals surface area contributed by atoms with Gasteiger partial charge in [0.05, 0.1) is 16.3 Å². The Morgan fingerprint density at radius 2 is 2.09 bits per heavy atom. The standard InChI is InChI=1S/C18H15BrN2OS/c19-13-6-3-5-12(11-13)18(22)21-10-4-8-15(21)17-20-14-7-1-2-9-16(14)23-17/h1-3,5-7,9,11,15H,4,8,10H2/t15-/m1/s1. The van der Waals surface area contributed by atoms with Crippen LogP contribution in [0.1, 0.15) is 34.2 Å². The molecule has 1 saturated heterocycles. The van der Waals surface area contributed by atoms with E-state index in [-0.39, 0.29) is 11.9 Å². The molecule has 1 aliphatic rings. The molecule has 1 aliphatic heterocycles. The molecule has 1 amide bonds. The number of hydrogen-bond donors (Lipinski definition) is 0. The third-order valence-corrected chi connectivity index (χ3v) is 5.81. The van der Waals surface area contributed by atoms with Crippen LogP contribution in [0.5, 0.6) is 0 Å². The summed E-state index contributed by atoms with van der Waals surface area (Å²) in [6.07, 6.45) is 2.01. The van der Waals surface area contributed by atoms with Gasteiger partial charge in [0, 0.05) is 16.6 Å². The van der Waals surface area contributed by atoms with Crippen molar-refractivity contribution in [1.82, 2.24) is 9.88 Å². The van der Waals surface area contributed by atoms with E-state index in [1.807, 2.05) is 47.4 Å². The molecule has 4 rings (SSSR count). The number of fused-ring (bicyclic) bond motifs is 1. The third-order valence-electron chi connectivity index (χ3n) is 4.18. The Bertz CT molecular complexity index is 843. The first-order valence-electron chi connectivity index (χ1n) is 7.64. The second-order valence-electron chi connectivity index (χ2n) is 5.69. The maximum atomic E-state index is 12.9. The van der Waals surface area contributed by atoms with Gasteiger partial charge in [-0.25, -0.2) is 4.98 Å². The molecule has 1 atom stereocenters. The highest BCUT2D eigenvalue weighted by atomic mass is 79.9. The maximum absolute atomic E-state index is 12.9. The molecule has 0 spiro atoms. The van der Waals surface area contributed by atoms with Crippen molar-refractivity contribution in [3.8, 4) is 0 Å². The SMILES string of the molecule is O=C(c1cccc(Br)c1)N1CCC[C@@H]1c1nc2ccccc2s1. The van der Waals surface area contributed by atoms with Crippen LogP contribution in [0.2, 0.25) is 0 Å². The molecule has 0 N–H and O–H groups in total. The number of halogens is 1. The van der Waals surface area contributed by atoms with Gasteiger partial charge in [-0.05, 0) is 43.2 Å². The number of aromatic nitrogens is 1. The van der Waals surface area contributed by atoms with Crippen molar-refractivity contribution in [2.24, 2.45) is 0 Å². The molecule has 0 saturated carbocycles. The average molecular weight is 387 g/mol. The first-order chi connectivity index (χ1) is 11.2. The predicted octanol–water partition coefficient (Wildman–Crippen LogP) is 5.04. The molecule has 0 unspecified atom stereocenters. The lowest BCUT2D eigenvalue weighted by Gasteiger charge is -2.23. The van der Waals surface area contributed by atoms with Crippen molar-refractivity contribution in [3.63, 3.8) is 0 Å². The van der Waals surface area contributed by atoms with Crippen LogP contribution in [0.4, 0.5) is 0 Å². The lowest BCUT2D eigenvalue weighted by molar-refractivity contribution is 0.0735. The largest absolute Gasteiger partial charge is 0.329 e. The Hall–Kier alpha value is -1.72. The molecule has 1 aromatic heterocycles. The highest BCUT2D eigenvalue weighted by Gasteiger charge is 2.32. The zero-order chi connectivity index (χ0) is 15.8. The van der Waals surface area contributed by atoms with E-state index >= 15 is 0 Å². The molecule has 5 heteroatoms. The number of carbonyl (C=O) groups excluding carboxylic acids is 1. The molecule has 116 valence electrons. The van der Waals surface area contributed by atoms with Gasteiger partial charge in [-0.3, -0.25) is 4.79 Å². The number of para-hydroxylation sites is 1. The van der Waals surface area contributed by atoms with Crippen LogP contribution >= 0.6 is 27.3 Å². The molecule has 3 aromatic rings. The van der Waals surface area contributed by atoms with E-state index in [2.05, 4.69) is 22.0 Å². The quantitative estimate of drug-likeness (QED) is 0.618. The lowest BCUT2D eigenvalue weighted by atomic mass is 10.1. The number of benzene rings is 2. The summed E-state index contributed by atoms with van der Waals surface area (Å²) in [7, 11) is 0. The minimum absolute atomic E-state index is 0.0908. The van der Waals surface area contributed by atoms with Gasteiger partial charge in [0.15, 0.2) is 0 Å². The van der Waals surface area contributed by atoms with Crippen molar-refractivity contribution in [2.45, 2.75) is 18.9 Å². The van der Waals surface area contributed by atoms with Crippen LogP contribution in [0, 0.1) is 0 Å². The van der Waals surface area contributed by atoms with Gasteiger partial charge in [0.25, 0.3) is 5.91 Å². The fraction of sp³-hybridized carbons (Fsp3) is 0.222. The summed E-state index contributed by atoms with van der Waals surface area (Å²) in [5.74, 6) is 0.0908. The Morgan fingerprint density at radius 1 is 1.22 bits per heavy atom. The number of nitrogens with zero attached hydrogens (tertiary/aromatic N) is 2. The third kappa shape index (κ3) is 2.79. The van der Waals surface area contributed by atoms with Gasteiger partial charge in [-0.15, -0.1) is 11.3 Å². The van der Waals surface area contributed by atoms with Gasteiger partial charge in [-0.2, -0.15) is 0 Å². The Balaban J connectivity index is 1.67. The minimum atomic E-state index is 0.0908. The molecular weight excluding hydrogens is 372 g/mol. The van der Waals surface area contributed by atoms with E-state index < -0.39 is 0 Å². The second-order valence-corrected chi connectivity index (χ2v) is 7.66. The van der Waals surface area contributed by atoms with E-state index in [4.69, 9.17) is 4.98 Å². The fourth-order valence-corrected chi connectivity index (χ4v) is 4.60. The average Bonchev–Trinajstić information content (AvgIpc) is 3.20. The van der Waals surface area contributed by atoms with Gasteiger partial charge in [0.2, 0.25) is 0 Å². The van der Waals surface area contributed by atoms with Crippen LogP contribution in [-0.4, -0.2) is 22.3 Å². The number of hydrogen-bond acceptors (Lipinski definition) is 3. The van der Waals surface area contributed by atoms with Crippen LogP contribution in [0.15, 0.2) is 53.0 Å². The van der Waals surface area contributed by atoms with Crippen LogP contribution in [0.3, 0.4) is 0 Å². The van der Waals surface area contributed by atoms with Gasteiger partial charge < -0.3 is 4.90 Å². The number of carbonyl (C=O) groups is 1. The number of amides is 1. The van der Waals surface area contributed by atoms with Gasteiger partial charge in [0.1, 0.15) is 5.01 Å². The summed E-state index contributed by atoms with van der Waals surface area (Å²) in [6, 6.07) is 15.9. The molecule has 1 fully saturated rings. The van der Waals surface area contributed by atoms with E-state index in [0.29, 0.717) is 0 Å². The second kappa shape index (κ2) is 6.06. The monoisotopic (exact) mass is 386 g/mol. The number of rotatable bonds is 2. The van der Waals surface area contributed by atoms with Gasteiger partial charge in [-0.1, -0.05) is 34.1 Å². The smallest absolute Gasteiger partial charge is 0.254 e. The van der Waals surface area contributed by atoms with Crippen molar-refractivity contribution < 1.29 is 4.79 Å². The highest BCUT2D eigenvalue weighted by molar-refractivity contribution is 9.10. The molecular formula is C18H15BrN2OS. The molecule has 0 bridgehead atoms. The summed E-state index contributed by atoms with van der Waals surface area (Å²) in [5.41, 5.74) is 1.75. The predicted molar refractivity (Wildman–Crippen MR) is 96.8 cm³/mol. The highest BCUT2D eigenvalue weighted by Crippen LogP contribution is 2.37. The zero-order valence-corrected chi connectivity index (χ0v) is 14.8. The fourth-order valence-electron chi connectivity index (χ4n) is 3.09. The van der Waals surface area contributed by atoms with Gasteiger partial charge >= 0.3 is 0 Å². The van der Waals surface area contributed by atoms with Crippen LogP contribution in [0.25, 0.3) is 10.2 Å². The topological polar surface area (TPSA) is 33.2 Å². The molecule has 3 nitrogen and oxygen atoms in total. The summed E-state index contributed by atoms with van der Waals surface area (Å²) in [6.45, 7) is 0.798. The van der Waals surface area contributed by atoms with Crippen LogP contribution in [-0.2, 0) is 0 Å². The summed E-state index contributed by atoms with van der Waals surface area (Å²) in [5, 5.41) is 1.05. The minimum Gasteiger partial charge on any atom is -0.329 e. The first-order valence-corrected chi connectivity index (χ1v) is 9.25. The van der Waals surface area contributed by atoms with E-state index in [1.54, 1.807) is 11.3 Å². The molecule has 23 heavy (non-hydrogen) atoms. The van der Waals surface area contributed by atoms with Crippen LogP contribution < -0.4 is 0 Å². The first kappa shape index (κ1) is 14.8. The molecule has 2 heterocycles.